The van der Waals surface area contributed by atoms with Gasteiger partial charge >= 0.3 is 0 Å². The Morgan fingerprint density at radius 1 is 1.29 bits per heavy atom. The lowest BCUT2D eigenvalue weighted by molar-refractivity contribution is 0.109. The molecule has 0 aromatic heterocycles. The van der Waals surface area contributed by atoms with E-state index < -0.39 is 0 Å². The molecule has 1 fully saturated rings. The van der Waals surface area contributed by atoms with Gasteiger partial charge < -0.3 is 19.9 Å². The Bertz CT molecular complexity index is 477. The molecule has 116 valence electrons. The molecular formula is C17H25NO3. The molecule has 3 atom stereocenters. The number of ether oxygens (including phenoxy) is 2. The van der Waals surface area contributed by atoms with Crippen molar-refractivity contribution in [2.45, 2.75) is 63.6 Å². The maximum absolute atomic E-state index is 9.72. The Balaban J connectivity index is 1.46. The minimum Gasteiger partial charge on any atom is -0.454 e. The summed E-state index contributed by atoms with van der Waals surface area (Å²) in [6, 6.07) is 7.13. The van der Waals surface area contributed by atoms with Crippen molar-refractivity contribution in [3.63, 3.8) is 0 Å². The fourth-order valence-corrected chi connectivity index (χ4v) is 3.28. The Morgan fingerprint density at radius 3 is 3.00 bits per heavy atom. The Morgan fingerprint density at radius 2 is 2.14 bits per heavy atom. The minimum atomic E-state index is -0.114. The van der Waals surface area contributed by atoms with Gasteiger partial charge in [0.1, 0.15) is 0 Å². The number of hydrogen-bond acceptors (Lipinski definition) is 4. The number of benzene rings is 1. The summed E-state index contributed by atoms with van der Waals surface area (Å²) in [4.78, 5) is 0. The number of hydrogen-bond donors (Lipinski definition) is 2. The fourth-order valence-electron chi connectivity index (χ4n) is 3.28. The van der Waals surface area contributed by atoms with Crippen molar-refractivity contribution in [2.75, 3.05) is 6.79 Å². The van der Waals surface area contributed by atoms with Gasteiger partial charge in [-0.15, -0.1) is 0 Å². The molecule has 1 saturated carbocycles. The van der Waals surface area contributed by atoms with Crippen molar-refractivity contribution in [3.8, 4) is 11.5 Å². The monoisotopic (exact) mass is 291 g/mol. The van der Waals surface area contributed by atoms with Crippen LogP contribution in [0.3, 0.4) is 0 Å². The van der Waals surface area contributed by atoms with E-state index >= 15 is 0 Å². The van der Waals surface area contributed by atoms with E-state index in [1.165, 1.54) is 12.0 Å². The molecule has 1 heterocycles. The third-order valence-electron chi connectivity index (χ3n) is 4.47. The van der Waals surface area contributed by atoms with Crippen molar-refractivity contribution in [1.82, 2.24) is 5.32 Å². The van der Waals surface area contributed by atoms with Gasteiger partial charge in [-0.3, -0.25) is 0 Å². The predicted molar refractivity (Wildman–Crippen MR) is 81.7 cm³/mol. The second-order valence-electron chi connectivity index (χ2n) is 6.31. The molecule has 0 saturated heterocycles. The highest BCUT2D eigenvalue weighted by Crippen LogP contribution is 2.32. The van der Waals surface area contributed by atoms with E-state index in [1.807, 2.05) is 6.07 Å². The summed E-state index contributed by atoms with van der Waals surface area (Å²) in [5.41, 5.74) is 1.29. The van der Waals surface area contributed by atoms with Crippen LogP contribution < -0.4 is 14.8 Å². The first kappa shape index (κ1) is 14.7. The van der Waals surface area contributed by atoms with Crippen LogP contribution in [0.15, 0.2) is 18.2 Å². The summed E-state index contributed by atoms with van der Waals surface area (Å²) in [6.07, 6.45) is 6.18. The zero-order valence-corrected chi connectivity index (χ0v) is 12.7. The summed E-state index contributed by atoms with van der Waals surface area (Å²) in [6.45, 7) is 2.56. The molecule has 4 heteroatoms. The Kier molecular flexibility index (Phi) is 4.66. The highest BCUT2D eigenvalue weighted by molar-refractivity contribution is 5.44. The topological polar surface area (TPSA) is 50.7 Å². The molecule has 1 aromatic rings. The molecule has 1 aliphatic carbocycles. The van der Waals surface area contributed by atoms with E-state index in [1.54, 1.807) is 0 Å². The maximum atomic E-state index is 9.72. The van der Waals surface area contributed by atoms with E-state index in [4.69, 9.17) is 9.47 Å². The standard InChI is InChI=1S/C17H25NO3/c1-12(18-14-3-2-4-15(19)10-14)5-6-13-7-8-16-17(9-13)21-11-20-16/h7-9,12,14-15,18-19H,2-6,10-11H2,1H3. The van der Waals surface area contributed by atoms with Crippen LogP contribution in [0.25, 0.3) is 0 Å². The fraction of sp³-hybridized carbons (Fsp3) is 0.647. The molecule has 0 radical (unpaired) electrons. The summed E-state index contributed by atoms with van der Waals surface area (Å²) >= 11 is 0. The van der Waals surface area contributed by atoms with Crippen LogP contribution in [0.5, 0.6) is 11.5 Å². The van der Waals surface area contributed by atoms with Crippen molar-refractivity contribution in [1.29, 1.82) is 0 Å². The van der Waals surface area contributed by atoms with E-state index in [9.17, 15) is 5.11 Å². The smallest absolute Gasteiger partial charge is 0.231 e. The highest BCUT2D eigenvalue weighted by atomic mass is 16.7. The first-order valence-electron chi connectivity index (χ1n) is 8.03. The number of fused-ring (bicyclic) bond motifs is 1. The molecule has 1 aromatic carbocycles. The molecule has 3 rings (SSSR count). The number of aliphatic hydroxyl groups excluding tert-OH is 1. The van der Waals surface area contributed by atoms with E-state index in [0.29, 0.717) is 18.9 Å². The molecule has 3 unspecified atom stereocenters. The van der Waals surface area contributed by atoms with Crippen LogP contribution in [0.2, 0.25) is 0 Å². The van der Waals surface area contributed by atoms with Crippen LogP contribution in [0, 0.1) is 0 Å². The number of rotatable bonds is 5. The molecule has 2 N–H and O–H groups in total. The van der Waals surface area contributed by atoms with E-state index in [2.05, 4.69) is 24.4 Å². The molecule has 0 amide bonds. The van der Waals surface area contributed by atoms with Crippen molar-refractivity contribution < 1.29 is 14.6 Å². The summed E-state index contributed by atoms with van der Waals surface area (Å²) < 4.78 is 10.7. The summed E-state index contributed by atoms with van der Waals surface area (Å²) in [5.74, 6) is 1.71. The van der Waals surface area contributed by atoms with Crippen molar-refractivity contribution >= 4 is 0 Å². The first-order chi connectivity index (χ1) is 10.2. The van der Waals surface area contributed by atoms with Crippen LogP contribution in [-0.4, -0.2) is 30.1 Å². The highest BCUT2D eigenvalue weighted by Gasteiger charge is 2.21. The van der Waals surface area contributed by atoms with Gasteiger partial charge in [0.15, 0.2) is 11.5 Å². The normalized spacial score (nSPS) is 25.8. The molecule has 21 heavy (non-hydrogen) atoms. The minimum absolute atomic E-state index is 0.114. The molecule has 0 bridgehead atoms. The second-order valence-corrected chi connectivity index (χ2v) is 6.31. The third-order valence-corrected chi connectivity index (χ3v) is 4.47. The average molecular weight is 291 g/mol. The molecular weight excluding hydrogens is 266 g/mol. The number of aliphatic hydroxyl groups is 1. The quantitative estimate of drug-likeness (QED) is 0.875. The van der Waals surface area contributed by atoms with E-state index in [0.717, 1.165) is 43.6 Å². The number of aryl methyl sites for hydroxylation is 1. The Labute approximate surface area is 126 Å². The van der Waals surface area contributed by atoms with Crippen molar-refractivity contribution in [3.05, 3.63) is 23.8 Å². The maximum Gasteiger partial charge on any atom is 0.231 e. The third kappa shape index (κ3) is 3.89. The summed E-state index contributed by atoms with van der Waals surface area (Å²) in [5, 5.41) is 13.4. The van der Waals surface area contributed by atoms with Crippen LogP contribution >= 0.6 is 0 Å². The average Bonchev–Trinajstić information content (AvgIpc) is 2.92. The molecule has 2 aliphatic rings. The van der Waals surface area contributed by atoms with Crippen LogP contribution in [-0.2, 0) is 6.42 Å². The SMILES string of the molecule is CC(CCc1ccc2c(c1)OCO2)NC1CCCC(O)C1. The first-order valence-corrected chi connectivity index (χ1v) is 8.03. The lowest BCUT2D eigenvalue weighted by atomic mass is 9.92. The lowest BCUT2D eigenvalue weighted by Gasteiger charge is -2.29. The largest absolute Gasteiger partial charge is 0.454 e. The zero-order valence-electron chi connectivity index (χ0n) is 12.7. The number of nitrogens with one attached hydrogen (secondary N) is 1. The van der Waals surface area contributed by atoms with Gasteiger partial charge in [-0.1, -0.05) is 6.07 Å². The van der Waals surface area contributed by atoms with Gasteiger partial charge in [0.2, 0.25) is 6.79 Å². The van der Waals surface area contributed by atoms with Gasteiger partial charge in [0.25, 0.3) is 0 Å². The lowest BCUT2D eigenvalue weighted by Crippen LogP contribution is -2.41. The van der Waals surface area contributed by atoms with Crippen LogP contribution in [0.1, 0.15) is 44.6 Å². The molecule has 1 aliphatic heterocycles. The summed E-state index contributed by atoms with van der Waals surface area (Å²) in [7, 11) is 0. The van der Waals surface area contributed by atoms with Gasteiger partial charge in [0.05, 0.1) is 6.10 Å². The molecule has 0 spiro atoms. The van der Waals surface area contributed by atoms with Gasteiger partial charge in [-0.05, 0) is 63.1 Å². The zero-order chi connectivity index (χ0) is 14.7. The van der Waals surface area contributed by atoms with Gasteiger partial charge in [-0.25, -0.2) is 0 Å². The Hall–Kier alpha value is -1.26. The molecule has 4 nitrogen and oxygen atoms in total. The van der Waals surface area contributed by atoms with Crippen LogP contribution in [0.4, 0.5) is 0 Å². The van der Waals surface area contributed by atoms with Gasteiger partial charge in [-0.2, -0.15) is 0 Å². The second kappa shape index (κ2) is 6.67. The van der Waals surface area contributed by atoms with Gasteiger partial charge in [0, 0.05) is 12.1 Å². The van der Waals surface area contributed by atoms with Crippen molar-refractivity contribution in [2.24, 2.45) is 0 Å². The van der Waals surface area contributed by atoms with E-state index in [-0.39, 0.29) is 6.10 Å². The predicted octanol–water partition coefficient (Wildman–Crippen LogP) is 2.63.